The molecule has 0 bridgehead atoms. The van der Waals surface area contributed by atoms with Crippen LogP contribution in [0.25, 0.3) is 0 Å². The van der Waals surface area contributed by atoms with Gasteiger partial charge in [0, 0.05) is 32.7 Å². The van der Waals surface area contributed by atoms with E-state index in [4.69, 9.17) is 0 Å². The van der Waals surface area contributed by atoms with Crippen molar-refractivity contribution in [3.63, 3.8) is 0 Å². The van der Waals surface area contributed by atoms with Gasteiger partial charge in [0.25, 0.3) is 0 Å². The highest BCUT2D eigenvalue weighted by Crippen LogP contribution is 2.09. The van der Waals surface area contributed by atoms with Crippen molar-refractivity contribution in [2.24, 2.45) is 5.92 Å². The highest BCUT2D eigenvalue weighted by atomic mass is 16.2. The first-order valence-corrected chi connectivity index (χ1v) is 7.22. The van der Waals surface area contributed by atoms with Gasteiger partial charge >= 0.3 is 0 Å². The highest BCUT2D eigenvalue weighted by Gasteiger charge is 2.22. The first-order chi connectivity index (χ1) is 9.91. The van der Waals surface area contributed by atoms with E-state index in [0.29, 0.717) is 13.1 Å². The molecule has 0 aliphatic rings. The molecule has 1 aromatic carbocycles. The molecule has 0 aliphatic carbocycles. The van der Waals surface area contributed by atoms with Gasteiger partial charge in [0.15, 0.2) is 0 Å². The largest absolute Gasteiger partial charge is 0.373 e. The fraction of sp³-hybridized carbons (Fsp3) is 0.500. The molecule has 1 atom stereocenters. The Hall–Kier alpha value is -2.04. The lowest BCUT2D eigenvalue weighted by molar-refractivity contribution is -0.129. The minimum atomic E-state index is -0.482. The van der Waals surface area contributed by atoms with E-state index in [-0.39, 0.29) is 17.7 Å². The number of carbonyl (C=O) groups is 2. The first kappa shape index (κ1) is 17.0. The molecule has 1 aromatic rings. The Balaban J connectivity index is 2.43. The molecule has 1 unspecified atom stereocenters. The van der Waals surface area contributed by atoms with Crippen molar-refractivity contribution < 1.29 is 9.59 Å². The fourth-order valence-electron chi connectivity index (χ4n) is 2.02. The summed E-state index contributed by atoms with van der Waals surface area (Å²) in [6.07, 6.45) is 0. The second kappa shape index (κ2) is 8.29. The Bertz CT molecular complexity index is 460. The van der Waals surface area contributed by atoms with Crippen LogP contribution in [-0.2, 0) is 9.59 Å². The molecular formula is C16H25N3O2. The summed E-state index contributed by atoms with van der Waals surface area (Å²) in [6.45, 7) is 6.49. The average molecular weight is 291 g/mol. The van der Waals surface area contributed by atoms with Gasteiger partial charge in [-0.15, -0.1) is 0 Å². The third-order valence-corrected chi connectivity index (χ3v) is 3.25. The lowest BCUT2D eigenvalue weighted by atomic mass is 10.0. The molecule has 1 rings (SSSR count). The van der Waals surface area contributed by atoms with Crippen LogP contribution in [0.15, 0.2) is 30.3 Å². The number of para-hydroxylation sites is 1. The molecule has 0 spiro atoms. The maximum absolute atomic E-state index is 12.1. The van der Waals surface area contributed by atoms with Crippen molar-refractivity contribution in [1.29, 1.82) is 0 Å². The maximum Gasteiger partial charge on any atom is 0.242 e. The quantitative estimate of drug-likeness (QED) is 0.798. The SMILES string of the molecule is CC(=O)NC(C(=O)NCCN(C)c1ccccc1)C(C)C. The van der Waals surface area contributed by atoms with Crippen molar-refractivity contribution in [2.75, 3.05) is 25.0 Å². The van der Waals surface area contributed by atoms with Crippen LogP contribution in [0.5, 0.6) is 0 Å². The third-order valence-electron chi connectivity index (χ3n) is 3.25. The summed E-state index contributed by atoms with van der Waals surface area (Å²) in [7, 11) is 1.98. The van der Waals surface area contributed by atoms with Gasteiger partial charge in [-0.1, -0.05) is 32.0 Å². The fourth-order valence-corrected chi connectivity index (χ4v) is 2.02. The number of nitrogens with one attached hydrogen (secondary N) is 2. The van der Waals surface area contributed by atoms with E-state index in [9.17, 15) is 9.59 Å². The highest BCUT2D eigenvalue weighted by molar-refractivity contribution is 5.87. The van der Waals surface area contributed by atoms with Gasteiger partial charge in [-0.05, 0) is 18.1 Å². The number of hydrogen-bond acceptors (Lipinski definition) is 3. The Labute approximate surface area is 126 Å². The zero-order chi connectivity index (χ0) is 15.8. The van der Waals surface area contributed by atoms with Crippen molar-refractivity contribution in [3.8, 4) is 0 Å². The van der Waals surface area contributed by atoms with Gasteiger partial charge in [0.05, 0.1) is 0 Å². The number of carbonyl (C=O) groups excluding carboxylic acids is 2. The van der Waals surface area contributed by atoms with Gasteiger partial charge in [-0.3, -0.25) is 9.59 Å². The predicted octanol–water partition coefficient (Wildman–Crippen LogP) is 1.40. The number of hydrogen-bond donors (Lipinski definition) is 2. The van der Waals surface area contributed by atoms with Gasteiger partial charge in [0.1, 0.15) is 6.04 Å². The topological polar surface area (TPSA) is 61.4 Å². The van der Waals surface area contributed by atoms with Crippen LogP contribution in [0.3, 0.4) is 0 Å². The van der Waals surface area contributed by atoms with E-state index in [0.717, 1.165) is 5.69 Å². The van der Waals surface area contributed by atoms with Crippen LogP contribution in [0.4, 0.5) is 5.69 Å². The van der Waals surface area contributed by atoms with Crippen LogP contribution in [0.1, 0.15) is 20.8 Å². The Morgan fingerprint density at radius 3 is 2.33 bits per heavy atom. The zero-order valence-corrected chi connectivity index (χ0v) is 13.2. The van der Waals surface area contributed by atoms with Crippen LogP contribution < -0.4 is 15.5 Å². The molecule has 0 fully saturated rings. The average Bonchev–Trinajstić information content (AvgIpc) is 2.45. The summed E-state index contributed by atoms with van der Waals surface area (Å²) < 4.78 is 0. The number of amides is 2. The molecule has 0 aliphatic heterocycles. The number of anilines is 1. The summed E-state index contributed by atoms with van der Waals surface area (Å²) in [4.78, 5) is 25.3. The summed E-state index contributed by atoms with van der Waals surface area (Å²) in [5.74, 6) is -0.271. The Morgan fingerprint density at radius 1 is 1.19 bits per heavy atom. The lowest BCUT2D eigenvalue weighted by Crippen LogP contribution is -2.50. The van der Waals surface area contributed by atoms with Crippen LogP contribution >= 0.6 is 0 Å². The van der Waals surface area contributed by atoms with Crippen molar-refractivity contribution in [2.45, 2.75) is 26.8 Å². The van der Waals surface area contributed by atoms with E-state index in [1.165, 1.54) is 6.92 Å². The maximum atomic E-state index is 12.1. The smallest absolute Gasteiger partial charge is 0.242 e. The normalized spacial score (nSPS) is 11.9. The predicted molar refractivity (Wildman–Crippen MR) is 85.2 cm³/mol. The molecule has 0 saturated carbocycles. The summed E-state index contributed by atoms with van der Waals surface area (Å²) in [5, 5.41) is 5.56. The summed E-state index contributed by atoms with van der Waals surface area (Å²) in [6, 6.07) is 9.50. The minimum absolute atomic E-state index is 0.0563. The van der Waals surface area contributed by atoms with E-state index in [1.807, 2.05) is 51.2 Å². The van der Waals surface area contributed by atoms with Crippen LogP contribution in [0.2, 0.25) is 0 Å². The zero-order valence-electron chi connectivity index (χ0n) is 13.2. The second-order valence-corrected chi connectivity index (χ2v) is 5.47. The van der Waals surface area contributed by atoms with Gasteiger partial charge in [-0.25, -0.2) is 0 Å². The van der Waals surface area contributed by atoms with Gasteiger partial charge < -0.3 is 15.5 Å². The number of benzene rings is 1. The molecule has 21 heavy (non-hydrogen) atoms. The molecule has 0 heterocycles. The monoisotopic (exact) mass is 291 g/mol. The summed E-state index contributed by atoms with van der Waals surface area (Å²) >= 11 is 0. The second-order valence-electron chi connectivity index (χ2n) is 5.47. The molecule has 2 N–H and O–H groups in total. The molecule has 5 nitrogen and oxygen atoms in total. The van der Waals surface area contributed by atoms with Crippen molar-refractivity contribution in [1.82, 2.24) is 10.6 Å². The van der Waals surface area contributed by atoms with E-state index < -0.39 is 6.04 Å². The number of rotatable bonds is 7. The minimum Gasteiger partial charge on any atom is -0.373 e. The first-order valence-electron chi connectivity index (χ1n) is 7.22. The van der Waals surface area contributed by atoms with E-state index in [2.05, 4.69) is 15.5 Å². The van der Waals surface area contributed by atoms with E-state index in [1.54, 1.807) is 0 Å². The molecular weight excluding hydrogens is 266 g/mol. The van der Waals surface area contributed by atoms with E-state index >= 15 is 0 Å². The lowest BCUT2D eigenvalue weighted by Gasteiger charge is -2.23. The number of nitrogens with zero attached hydrogens (tertiary/aromatic N) is 1. The van der Waals surface area contributed by atoms with Crippen molar-refractivity contribution >= 4 is 17.5 Å². The van der Waals surface area contributed by atoms with Crippen molar-refractivity contribution in [3.05, 3.63) is 30.3 Å². The number of likely N-dealkylation sites (N-methyl/N-ethyl adjacent to an activating group) is 1. The molecule has 116 valence electrons. The molecule has 2 amide bonds. The van der Waals surface area contributed by atoms with Crippen LogP contribution in [-0.4, -0.2) is 38.0 Å². The molecule has 5 heteroatoms. The third kappa shape index (κ3) is 5.85. The summed E-state index contributed by atoms with van der Waals surface area (Å²) in [5.41, 5.74) is 1.11. The molecule has 0 aromatic heterocycles. The van der Waals surface area contributed by atoms with Gasteiger partial charge in [0.2, 0.25) is 11.8 Å². The molecule has 0 radical (unpaired) electrons. The standard InChI is InChI=1S/C16H25N3O2/c1-12(2)15(18-13(3)20)16(21)17-10-11-19(4)14-8-6-5-7-9-14/h5-9,12,15H,10-11H2,1-4H3,(H,17,21)(H,18,20). The Kier molecular flexibility index (Phi) is 6.72. The molecule has 0 saturated heterocycles. The van der Waals surface area contributed by atoms with Gasteiger partial charge in [-0.2, -0.15) is 0 Å². The Morgan fingerprint density at radius 2 is 1.81 bits per heavy atom. The van der Waals surface area contributed by atoms with Crippen LogP contribution in [0, 0.1) is 5.92 Å².